The van der Waals surface area contributed by atoms with Crippen LogP contribution in [0.3, 0.4) is 0 Å². The molecule has 2 atom stereocenters. The Morgan fingerprint density at radius 3 is 2.27 bits per heavy atom. The molecule has 2 aliphatic rings. The van der Waals surface area contributed by atoms with E-state index in [0.29, 0.717) is 12.1 Å². The summed E-state index contributed by atoms with van der Waals surface area (Å²) in [5, 5.41) is 0. The molecule has 0 saturated carbocycles. The van der Waals surface area contributed by atoms with Crippen molar-refractivity contribution in [2.24, 2.45) is 0 Å². The zero-order valence-electron chi connectivity index (χ0n) is 17.5. The molecule has 0 radical (unpaired) electrons. The number of aromatic nitrogens is 1. The molecule has 2 aliphatic heterocycles. The number of nitrogens with zero attached hydrogens (tertiary/aromatic N) is 4. The van der Waals surface area contributed by atoms with Crippen molar-refractivity contribution in [3.8, 4) is 0 Å². The first kappa shape index (κ1) is 19.6. The third-order valence-corrected chi connectivity index (χ3v) is 6.16. The Hall–Kier alpha value is -1.13. The van der Waals surface area contributed by atoms with Crippen molar-refractivity contribution in [2.75, 3.05) is 44.2 Å². The van der Waals surface area contributed by atoms with E-state index in [1.54, 1.807) is 0 Å². The molecule has 0 amide bonds. The quantitative estimate of drug-likeness (QED) is 0.817. The summed E-state index contributed by atoms with van der Waals surface area (Å²) in [5.41, 5.74) is 1.54. The number of pyridine rings is 1. The van der Waals surface area contributed by atoms with Gasteiger partial charge in [-0.2, -0.15) is 0 Å². The smallest absolute Gasteiger partial charge is 0.128 e. The Balaban J connectivity index is 1.61. The molecule has 3 rings (SSSR count). The molecule has 4 heteroatoms. The molecule has 26 heavy (non-hydrogen) atoms. The van der Waals surface area contributed by atoms with E-state index in [0.717, 1.165) is 18.9 Å². The molecule has 0 aliphatic carbocycles. The highest BCUT2D eigenvalue weighted by molar-refractivity contribution is 5.44. The van der Waals surface area contributed by atoms with Crippen LogP contribution in [0, 0.1) is 0 Å². The first-order valence-corrected chi connectivity index (χ1v) is 10.5. The number of likely N-dealkylation sites (tertiary alicyclic amines) is 1. The Kier molecular flexibility index (Phi) is 6.24. The van der Waals surface area contributed by atoms with Crippen LogP contribution in [0.15, 0.2) is 18.3 Å². The van der Waals surface area contributed by atoms with E-state index in [2.05, 4.69) is 66.4 Å². The average Bonchev–Trinajstić information content (AvgIpc) is 2.61. The van der Waals surface area contributed by atoms with Crippen LogP contribution in [0.25, 0.3) is 0 Å². The fourth-order valence-electron chi connectivity index (χ4n) is 4.48. The van der Waals surface area contributed by atoms with Gasteiger partial charge in [-0.3, -0.25) is 4.90 Å². The van der Waals surface area contributed by atoms with Gasteiger partial charge in [-0.05, 0) is 62.9 Å². The fourth-order valence-corrected chi connectivity index (χ4v) is 4.48. The van der Waals surface area contributed by atoms with Crippen LogP contribution in [-0.4, -0.2) is 66.1 Å². The molecule has 1 aromatic rings. The summed E-state index contributed by atoms with van der Waals surface area (Å²) < 4.78 is 0. The molecule has 0 unspecified atom stereocenters. The topological polar surface area (TPSA) is 22.6 Å². The summed E-state index contributed by atoms with van der Waals surface area (Å²) in [6.45, 7) is 18.8. The third kappa shape index (κ3) is 4.77. The summed E-state index contributed by atoms with van der Waals surface area (Å²) in [4.78, 5) is 12.5. The van der Waals surface area contributed by atoms with Crippen LogP contribution in [0.4, 0.5) is 5.82 Å². The molecule has 3 heterocycles. The highest BCUT2D eigenvalue weighted by Crippen LogP contribution is 2.27. The van der Waals surface area contributed by atoms with E-state index in [1.807, 2.05) is 6.20 Å². The SMILES string of the molecule is C[C@@H]1CN(c2cc(C(C)(C)C)ccn2)C[C@H](C)N1CCN1CCCCC1. The molecule has 146 valence electrons. The number of hydrogen-bond acceptors (Lipinski definition) is 4. The second kappa shape index (κ2) is 8.26. The molecular formula is C22H38N4. The van der Waals surface area contributed by atoms with Gasteiger partial charge in [0.15, 0.2) is 0 Å². The number of piperidine rings is 1. The van der Waals surface area contributed by atoms with Crippen LogP contribution in [-0.2, 0) is 5.41 Å². The molecule has 0 bridgehead atoms. The van der Waals surface area contributed by atoms with Gasteiger partial charge in [0.1, 0.15) is 5.82 Å². The van der Waals surface area contributed by atoms with Crippen molar-refractivity contribution in [3.63, 3.8) is 0 Å². The Morgan fingerprint density at radius 2 is 1.65 bits per heavy atom. The molecule has 4 nitrogen and oxygen atoms in total. The van der Waals surface area contributed by atoms with Crippen LogP contribution >= 0.6 is 0 Å². The largest absolute Gasteiger partial charge is 0.353 e. The molecule has 0 spiro atoms. The maximum atomic E-state index is 4.69. The minimum absolute atomic E-state index is 0.172. The molecule has 2 fully saturated rings. The first-order chi connectivity index (χ1) is 12.3. The molecular weight excluding hydrogens is 320 g/mol. The summed E-state index contributed by atoms with van der Waals surface area (Å²) in [7, 11) is 0. The zero-order valence-corrected chi connectivity index (χ0v) is 17.5. The summed E-state index contributed by atoms with van der Waals surface area (Å²) in [6, 6.07) is 5.60. The van der Waals surface area contributed by atoms with E-state index in [-0.39, 0.29) is 5.41 Å². The zero-order chi connectivity index (χ0) is 18.7. The minimum Gasteiger partial charge on any atom is -0.353 e. The lowest BCUT2D eigenvalue weighted by Gasteiger charge is -2.45. The molecule has 0 aromatic carbocycles. The maximum Gasteiger partial charge on any atom is 0.128 e. The van der Waals surface area contributed by atoms with Crippen molar-refractivity contribution in [1.29, 1.82) is 0 Å². The molecule has 1 aromatic heterocycles. The van der Waals surface area contributed by atoms with Gasteiger partial charge in [0, 0.05) is 44.5 Å². The number of piperazine rings is 1. The number of rotatable bonds is 4. The Bertz CT molecular complexity index is 562. The Morgan fingerprint density at radius 1 is 1.00 bits per heavy atom. The van der Waals surface area contributed by atoms with Crippen molar-refractivity contribution in [2.45, 2.75) is 71.4 Å². The van der Waals surface area contributed by atoms with E-state index in [1.165, 1.54) is 51.0 Å². The van der Waals surface area contributed by atoms with Crippen molar-refractivity contribution in [3.05, 3.63) is 23.9 Å². The predicted octanol–water partition coefficient (Wildman–Crippen LogP) is 3.76. The van der Waals surface area contributed by atoms with Crippen molar-refractivity contribution < 1.29 is 0 Å². The molecule has 2 saturated heterocycles. The van der Waals surface area contributed by atoms with Gasteiger partial charge in [0.25, 0.3) is 0 Å². The predicted molar refractivity (Wildman–Crippen MR) is 111 cm³/mol. The highest BCUT2D eigenvalue weighted by atomic mass is 15.3. The van der Waals surface area contributed by atoms with Crippen LogP contribution in [0.5, 0.6) is 0 Å². The minimum atomic E-state index is 0.172. The lowest BCUT2D eigenvalue weighted by Crippen LogP contribution is -2.58. The summed E-state index contributed by atoms with van der Waals surface area (Å²) in [5.74, 6) is 1.15. The number of hydrogen-bond donors (Lipinski definition) is 0. The van der Waals surface area contributed by atoms with E-state index >= 15 is 0 Å². The van der Waals surface area contributed by atoms with Gasteiger partial charge in [-0.15, -0.1) is 0 Å². The average molecular weight is 359 g/mol. The fraction of sp³-hybridized carbons (Fsp3) is 0.773. The monoisotopic (exact) mass is 358 g/mol. The van der Waals surface area contributed by atoms with Crippen LogP contribution in [0.2, 0.25) is 0 Å². The maximum absolute atomic E-state index is 4.69. The van der Waals surface area contributed by atoms with Gasteiger partial charge in [-0.1, -0.05) is 27.2 Å². The van der Waals surface area contributed by atoms with Crippen LogP contribution < -0.4 is 4.90 Å². The lowest BCUT2D eigenvalue weighted by molar-refractivity contribution is 0.105. The summed E-state index contributed by atoms with van der Waals surface area (Å²) >= 11 is 0. The Labute approximate surface area is 160 Å². The normalized spacial score (nSPS) is 26.3. The lowest BCUT2D eigenvalue weighted by atomic mass is 9.87. The van der Waals surface area contributed by atoms with E-state index < -0.39 is 0 Å². The highest BCUT2D eigenvalue weighted by Gasteiger charge is 2.30. The van der Waals surface area contributed by atoms with E-state index in [9.17, 15) is 0 Å². The summed E-state index contributed by atoms with van der Waals surface area (Å²) in [6.07, 6.45) is 6.17. The second-order valence-corrected chi connectivity index (χ2v) is 9.40. The van der Waals surface area contributed by atoms with Crippen molar-refractivity contribution >= 4 is 5.82 Å². The van der Waals surface area contributed by atoms with E-state index in [4.69, 9.17) is 0 Å². The first-order valence-electron chi connectivity index (χ1n) is 10.5. The third-order valence-electron chi connectivity index (χ3n) is 6.16. The van der Waals surface area contributed by atoms with Gasteiger partial charge < -0.3 is 9.80 Å². The molecule has 0 N–H and O–H groups in total. The standard InChI is InChI=1S/C22H38N4/c1-18-16-25(21-15-20(9-10-23-21)22(3,4)5)17-19(2)26(18)14-13-24-11-7-6-8-12-24/h9-10,15,18-19H,6-8,11-14,16-17H2,1-5H3/t18-,19+. The van der Waals surface area contributed by atoms with Gasteiger partial charge >= 0.3 is 0 Å². The van der Waals surface area contributed by atoms with Gasteiger partial charge in [-0.25, -0.2) is 4.98 Å². The second-order valence-electron chi connectivity index (χ2n) is 9.40. The van der Waals surface area contributed by atoms with Gasteiger partial charge in [0.05, 0.1) is 0 Å². The number of anilines is 1. The van der Waals surface area contributed by atoms with Crippen molar-refractivity contribution in [1.82, 2.24) is 14.8 Å². The van der Waals surface area contributed by atoms with Crippen LogP contribution in [0.1, 0.15) is 59.4 Å². The van der Waals surface area contributed by atoms with Gasteiger partial charge in [0.2, 0.25) is 0 Å².